The fraction of sp³-hybridized carbons (Fsp3) is 0.182. The smallest absolute Gasteiger partial charge is 0.231 e. The van der Waals surface area contributed by atoms with Crippen LogP contribution in [0.2, 0.25) is 0 Å². The number of amides is 1. The van der Waals surface area contributed by atoms with Gasteiger partial charge in [-0.1, -0.05) is 97.1 Å². The summed E-state index contributed by atoms with van der Waals surface area (Å²) in [6.07, 6.45) is 1.53. The van der Waals surface area contributed by atoms with Gasteiger partial charge in [0.1, 0.15) is 28.9 Å². The molecule has 4 aromatic carbocycles. The number of rotatable bonds is 9. The van der Waals surface area contributed by atoms with E-state index in [0.717, 1.165) is 11.1 Å². The van der Waals surface area contributed by atoms with Crippen molar-refractivity contribution in [1.82, 2.24) is 4.90 Å². The molecule has 2 bridgehead atoms. The first kappa shape index (κ1) is 27.9. The van der Waals surface area contributed by atoms with E-state index in [1.54, 1.807) is 36.4 Å². The average molecular weight is 600 g/mol. The standard InChI is InChI=1S/C33H29NO6S2/c35-33-28-21-29(40-23-25-15-7-2-8-16-25)30(34(33)22-24-13-5-1-6-14-24)32(42(38,39)27-19-11-4-12-20-27)31(28)41(36,37)26-17-9-3-10-18-26/h1-21,28,30-32H,22-23H2/t28-,30+,31+,32-/m1/s1. The Morgan fingerprint density at radius 3 is 1.57 bits per heavy atom. The van der Waals surface area contributed by atoms with Gasteiger partial charge in [-0.3, -0.25) is 4.79 Å². The van der Waals surface area contributed by atoms with E-state index in [0.29, 0.717) is 0 Å². The normalized spacial score (nSPS) is 22.0. The molecule has 0 radical (unpaired) electrons. The molecule has 1 saturated heterocycles. The van der Waals surface area contributed by atoms with Crippen LogP contribution in [-0.4, -0.2) is 44.2 Å². The molecule has 0 saturated carbocycles. The molecule has 0 aromatic heterocycles. The summed E-state index contributed by atoms with van der Waals surface area (Å²) in [5, 5.41) is -3.05. The number of sulfone groups is 2. The molecular formula is C33H29NO6S2. The highest BCUT2D eigenvalue weighted by Gasteiger charge is 2.62. The zero-order valence-corrected chi connectivity index (χ0v) is 24.2. The topological polar surface area (TPSA) is 97.8 Å². The third kappa shape index (κ3) is 5.03. The van der Waals surface area contributed by atoms with Crippen LogP contribution in [0.25, 0.3) is 0 Å². The average Bonchev–Trinajstić information content (AvgIpc) is 3.03. The van der Waals surface area contributed by atoms with E-state index in [1.165, 1.54) is 35.2 Å². The molecule has 2 aliphatic heterocycles. The zero-order chi connectivity index (χ0) is 29.3. The second-order valence-electron chi connectivity index (χ2n) is 10.4. The fourth-order valence-electron chi connectivity index (χ4n) is 5.87. The first-order valence-electron chi connectivity index (χ1n) is 13.6. The summed E-state index contributed by atoms with van der Waals surface area (Å²) >= 11 is 0. The van der Waals surface area contributed by atoms with E-state index in [2.05, 4.69) is 0 Å². The van der Waals surface area contributed by atoms with Crippen LogP contribution in [0.5, 0.6) is 0 Å². The van der Waals surface area contributed by atoms with Gasteiger partial charge in [0.2, 0.25) is 5.91 Å². The van der Waals surface area contributed by atoms with Crippen molar-refractivity contribution in [3.63, 3.8) is 0 Å². The molecule has 4 aromatic rings. The van der Waals surface area contributed by atoms with Crippen LogP contribution in [-0.2, 0) is 42.4 Å². The summed E-state index contributed by atoms with van der Waals surface area (Å²) in [7, 11) is -8.57. The lowest BCUT2D eigenvalue weighted by atomic mass is 9.82. The molecular weight excluding hydrogens is 570 g/mol. The molecule has 4 atom stereocenters. The zero-order valence-electron chi connectivity index (χ0n) is 22.6. The molecule has 1 aliphatic carbocycles. The van der Waals surface area contributed by atoms with Crippen molar-refractivity contribution in [1.29, 1.82) is 0 Å². The molecule has 0 spiro atoms. The van der Waals surface area contributed by atoms with E-state index in [-0.39, 0.29) is 28.7 Å². The van der Waals surface area contributed by atoms with Gasteiger partial charge >= 0.3 is 0 Å². The largest absolute Gasteiger partial charge is 0.491 e. The molecule has 7 rings (SSSR count). The SMILES string of the molecule is O=C1[C@@H]2C=C(OCc3ccccc3)[C@@H]([C@@H](S(=O)(=O)c3ccccc3)[C@H]2S(=O)(=O)c2ccccc2)N1Cc1ccccc1. The first-order valence-corrected chi connectivity index (χ1v) is 16.7. The number of carbonyl (C=O) groups excluding carboxylic acids is 1. The van der Waals surface area contributed by atoms with Crippen LogP contribution in [0.4, 0.5) is 0 Å². The minimum Gasteiger partial charge on any atom is -0.491 e. The fourth-order valence-corrected chi connectivity index (χ4v) is 10.7. The Balaban J connectivity index is 1.53. The molecule has 214 valence electrons. The van der Waals surface area contributed by atoms with Gasteiger partial charge in [-0.15, -0.1) is 0 Å². The number of fused-ring (bicyclic) bond motifs is 2. The number of ether oxygens (including phenoxy) is 1. The monoisotopic (exact) mass is 599 g/mol. The van der Waals surface area contributed by atoms with E-state index in [4.69, 9.17) is 4.74 Å². The summed E-state index contributed by atoms with van der Waals surface area (Å²) in [6, 6.07) is 33.0. The summed E-state index contributed by atoms with van der Waals surface area (Å²) in [4.78, 5) is 15.5. The highest BCUT2D eigenvalue weighted by Crippen LogP contribution is 2.46. The van der Waals surface area contributed by atoms with Crippen molar-refractivity contribution in [2.75, 3.05) is 0 Å². The summed E-state index contributed by atoms with van der Waals surface area (Å²) in [5.41, 5.74) is 1.65. The van der Waals surface area contributed by atoms with Crippen LogP contribution < -0.4 is 0 Å². The highest BCUT2D eigenvalue weighted by molar-refractivity contribution is 7.96. The van der Waals surface area contributed by atoms with Crippen molar-refractivity contribution >= 4 is 25.6 Å². The second kappa shape index (κ2) is 11.2. The lowest BCUT2D eigenvalue weighted by Gasteiger charge is -2.51. The van der Waals surface area contributed by atoms with E-state index in [1.807, 2.05) is 60.7 Å². The molecule has 3 aliphatic rings. The molecule has 1 amide bonds. The molecule has 9 heteroatoms. The van der Waals surface area contributed by atoms with Crippen LogP contribution in [0.3, 0.4) is 0 Å². The Hall–Kier alpha value is -4.21. The van der Waals surface area contributed by atoms with E-state index >= 15 is 0 Å². The summed E-state index contributed by atoms with van der Waals surface area (Å²) < 4.78 is 63.8. The molecule has 42 heavy (non-hydrogen) atoms. The molecule has 0 unspecified atom stereocenters. The molecule has 2 heterocycles. The second-order valence-corrected chi connectivity index (χ2v) is 14.6. The molecule has 1 fully saturated rings. The Bertz CT molecular complexity index is 1810. The predicted octanol–water partition coefficient (Wildman–Crippen LogP) is 4.81. The van der Waals surface area contributed by atoms with Gasteiger partial charge in [-0.2, -0.15) is 0 Å². The third-order valence-electron chi connectivity index (χ3n) is 7.83. The number of hydrogen-bond acceptors (Lipinski definition) is 6. The van der Waals surface area contributed by atoms with Gasteiger partial charge in [-0.05, 0) is 41.5 Å². The minimum atomic E-state index is -4.29. The van der Waals surface area contributed by atoms with E-state index in [9.17, 15) is 21.6 Å². The maximum Gasteiger partial charge on any atom is 0.231 e. The number of benzene rings is 4. The van der Waals surface area contributed by atoms with Gasteiger partial charge in [0.25, 0.3) is 0 Å². The lowest BCUT2D eigenvalue weighted by Crippen LogP contribution is -2.68. The number of hydrogen-bond donors (Lipinski definition) is 0. The van der Waals surface area contributed by atoms with Gasteiger partial charge < -0.3 is 9.64 Å². The number of piperidine rings is 1. The van der Waals surface area contributed by atoms with Gasteiger partial charge in [0.15, 0.2) is 19.7 Å². The van der Waals surface area contributed by atoms with Crippen LogP contribution in [0.1, 0.15) is 11.1 Å². The van der Waals surface area contributed by atoms with Gasteiger partial charge in [0, 0.05) is 6.54 Å². The highest BCUT2D eigenvalue weighted by atomic mass is 32.2. The lowest BCUT2D eigenvalue weighted by molar-refractivity contribution is -0.142. The summed E-state index contributed by atoms with van der Waals surface area (Å²) in [5.74, 6) is -1.43. The van der Waals surface area contributed by atoms with Gasteiger partial charge in [-0.25, -0.2) is 16.8 Å². The molecule has 7 nitrogen and oxygen atoms in total. The van der Waals surface area contributed by atoms with Crippen molar-refractivity contribution in [3.8, 4) is 0 Å². The van der Waals surface area contributed by atoms with Crippen LogP contribution in [0.15, 0.2) is 143 Å². The maximum atomic E-state index is 14.5. The third-order valence-corrected chi connectivity index (χ3v) is 12.4. The summed E-state index contributed by atoms with van der Waals surface area (Å²) in [6.45, 7) is 0.239. The van der Waals surface area contributed by atoms with Gasteiger partial charge in [0.05, 0.1) is 15.7 Å². The maximum absolute atomic E-state index is 14.5. The number of carbonyl (C=O) groups is 1. The predicted molar refractivity (Wildman–Crippen MR) is 158 cm³/mol. The Labute approximate surface area is 245 Å². The van der Waals surface area contributed by atoms with Crippen molar-refractivity contribution in [2.24, 2.45) is 5.92 Å². The molecule has 0 N–H and O–H groups in total. The van der Waals surface area contributed by atoms with Crippen LogP contribution in [0, 0.1) is 5.92 Å². The number of nitrogens with zero attached hydrogens (tertiary/aromatic N) is 1. The minimum absolute atomic E-state index is 0.00895. The quantitative estimate of drug-likeness (QED) is 0.274. The van der Waals surface area contributed by atoms with Crippen molar-refractivity contribution in [2.45, 2.75) is 39.5 Å². The Morgan fingerprint density at radius 2 is 1.05 bits per heavy atom. The van der Waals surface area contributed by atoms with E-state index < -0.39 is 48.0 Å². The van der Waals surface area contributed by atoms with Crippen molar-refractivity contribution < 1.29 is 26.4 Å². The first-order chi connectivity index (χ1) is 20.3. The Morgan fingerprint density at radius 1 is 0.595 bits per heavy atom. The van der Waals surface area contributed by atoms with Crippen LogP contribution >= 0.6 is 0 Å². The van der Waals surface area contributed by atoms with Crippen molar-refractivity contribution in [3.05, 3.63) is 144 Å². The Kier molecular flexibility index (Phi) is 7.47.